The molecule has 7 nitrogen and oxygen atoms in total. The van der Waals surface area contributed by atoms with Crippen LogP contribution in [0, 0.1) is 18.7 Å². The van der Waals surface area contributed by atoms with E-state index >= 15 is 0 Å². The fraction of sp³-hybridized carbons (Fsp3) is 0.464. The van der Waals surface area contributed by atoms with Gasteiger partial charge < -0.3 is 9.47 Å². The molecule has 0 N–H and O–H groups in total. The number of ether oxygens (including phenoxy) is 2. The summed E-state index contributed by atoms with van der Waals surface area (Å²) in [5.41, 5.74) is 3.07. The average Bonchev–Trinajstić information content (AvgIpc) is 3.23. The van der Waals surface area contributed by atoms with Crippen LogP contribution < -0.4 is 13.8 Å². The molecule has 3 aromatic rings. The fourth-order valence-electron chi connectivity index (χ4n) is 5.44. The summed E-state index contributed by atoms with van der Waals surface area (Å²) >= 11 is 0. The van der Waals surface area contributed by atoms with Gasteiger partial charge in [0.25, 0.3) is 0 Å². The van der Waals surface area contributed by atoms with Gasteiger partial charge in [-0.05, 0) is 93.6 Å². The van der Waals surface area contributed by atoms with Gasteiger partial charge in [0.2, 0.25) is 10.0 Å². The van der Waals surface area contributed by atoms with E-state index in [4.69, 9.17) is 9.47 Å². The van der Waals surface area contributed by atoms with Crippen molar-refractivity contribution in [2.45, 2.75) is 32.6 Å². The molecule has 0 bridgehead atoms. The number of pyridine rings is 1. The lowest BCUT2D eigenvalue weighted by Crippen LogP contribution is -2.37. The molecule has 3 heterocycles. The number of sulfonamides is 1. The highest BCUT2D eigenvalue weighted by molar-refractivity contribution is 7.93. The number of piperidine rings is 1. The van der Waals surface area contributed by atoms with Gasteiger partial charge in [-0.3, -0.25) is 14.2 Å². The van der Waals surface area contributed by atoms with Crippen LogP contribution in [0.4, 0.5) is 10.1 Å². The second-order valence-electron chi connectivity index (χ2n) is 9.98. The van der Waals surface area contributed by atoms with Gasteiger partial charge in [-0.15, -0.1) is 0 Å². The van der Waals surface area contributed by atoms with Crippen LogP contribution in [0.5, 0.6) is 11.5 Å². The fourth-order valence-corrected chi connectivity index (χ4v) is 6.99. The molecule has 2 fully saturated rings. The summed E-state index contributed by atoms with van der Waals surface area (Å²) in [4.78, 5) is 6.98. The molecule has 5 rings (SSSR count). The first-order valence-corrected chi connectivity index (χ1v) is 14.5. The van der Waals surface area contributed by atoms with Crippen molar-refractivity contribution >= 4 is 26.6 Å². The van der Waals surface area contributed by atoms with Crippen LogP contribution in [-0.4, -0.2) is 64.0 Å². The highest BCUT2D eigenvalue weighted by atomic mass is 32.2. The predicted molar refractivity (Wildman–Crippen MR) is 144 cm³/mol. The molecule has 0 spiro atoms. The van der Waals surface area contributed by atoms with Gasteiger partial charge in [-0.1, -0.05) is 6.07 Å². The summed E-state index contributed by atoms with van der Waals surface area (Å²) in [5.74, 6) is 0.852. The molecule has 0 aliphatic carbocycles. The number of halogens is 1. The maximum Gasteiger partial charge on any atom is 0.235 e. The number of benzene rings is 2. The van der Waals surface area contributed by atoms with Gasteiger partial charge >= 0.3 is 0 Å². The highest BCUT2D eigenvalue weighted by Gasteiger charge is 2.32. The van der Waals surface area contributed by atoms with E-state index in [0.29, 0.717) is 37.6 Å². The number of nitrogens with zero attached hydrogens (tertiary/aromatic N) is 3. The largest absolute Gasteiger partial charge is 0.492 e. The summed E-state index contributed by atoms with van der Waals surface area (Å²) < 4.78 is 52.4. The van der Waals surface area contributed by atoms with E-state index in [1.165, 1.54) is 17.5 Å². The first kappa shape index (κ1) is 25.7. The van der Waals surface area contributed by atoms with E-state index in [9.17, 15) is 12.8 Å². The number of aromatic nitrogens is 1. The van der Waals surface area contributed by atoms with Crippen LogP contribution in [0.2, 0.25) is 0 Å². The van der Waals surface area contributed by atoms with Gasteiger partial charge in [-0.25, -0.2) is 12.8 Å². The lowest BCUT2D eigenvalue weighted by molar-refractivity contribution is 0.155. The van der Waals surface area contributed by atoms with Crippen molar-refractivity contribution in [2.24, 2.45) is 5.92 Å². The molecule has 198 valence electrons. The van der Waals surface area contributed by atoms with E-state index in [1.54, 1.807) is 6.07 Å². The van der Waals surface area contributed by atoms with Gasteiger partial charge in [0, 0.05) is 24.2 Å². The average molecular weight is 528 g/mol. The molecule has 9 heteroatoms. The number of rotatable bonds is 8. The molecular weight excluding hydrogens is 493 g/mol. The lowest BCUT2D eigenvalue weighted by atomic mass is 9.90. The minimum absolute atomic E-state index is 0.00107. The van der Waals surface area contributed by atoms with Gasteiger partial charge in [-0.2, -0.15) is 0 Å². The van der Waals surface area contributed by atoms with Crippen LogP contribution >= 0.6 is 0 Å². The first-order valence-electron chi connectivity index (χ1n) is 12.9. The normalized spacial score (nSPS) is 18.4. The van der Waals surface area contributed by atoms with Crippen molar-refractivity contribution in [3.63, 3.8) is 0 Å². The van der Waals surface area contributed by atoms with Crippen molar-refractivity contribution < 1.29 is 22.3 Å². The van der Waals surface area contributed by atoms with Crippen molar-refractivity contribution in [3.8, 4) is 11.5 Å². The van der Waals surface area contributed by atoms with E-state index in [0.717, 1.165) is 60.4 Å². The zero-order valence-electron chi connectivity index (χ0n) is 21.5. The van der Waals surface area contributed by atoms with Gasteiger partial charge in [0.1, 0.15) is 12.4 Å². The van der Waals surface area contributed by atoms with E-state index in [-0.39, 0.29) is 11.5 Å². The molecule has 0 saturated carbocycles. The topological polar surface area (TPSA) is 72.0 Å². The molecular formula is C28H34FN3O4S. The van der Waals surface area contributed by atoms with Crippen molar-refractivity contribution in [1.82, 2.24) is 9.88 Å². The Balaban J connectivity index is 1.16. The Morgan fingerprint density at radius 1 is 1.11 bits per heavy atom. The molecule has 0 atom stereocenters. The maximum absolute atomic E-state index is 14.9. The number of methoxy groups -OCH3 is 1. The Labute approximate surface area is 218 Å². The SMILES string of the molecule is COc1c(F)cc(CC2CCN(CCOc3cccc4nc(C)ccc34)CC2)cc1N1CCCS1(=O)=O. The Morgan fingerprint density at radius 2 is 1.92 bits per heavy atom. The van der Waals surface area contributed by atoms with E-state index in [1.807, 2.05) is 31.2 Å². The molecule has 2 aliphatic heterocycles. The molecule has 37 heavy (non-hydrogen) atoms. The lowest BCUT2D eigenvalue weighted by Gasteiger charge is -2.32. The second-order valence-corrected chi connectivity index (χ2v) is 12.0. The maximum atomic E-state index is 14.9. The van der Waals surface area contributed by atoms with E-state index < -0.39 is 15.8 Å². The minimum Gasteiger partial charge on any atom is -0.492 e. The van der Waals surface area contributed by atoms with E-state index in [2.05, 4.69) is 16.0 Å². The Kier molecular flexibility index (Phi) is 7.53. The van der Waals surface area contributed by atoms with Crippen LogP contribution in [-0.2, 0) is 16.4 Å². The second kappa shape index (κ2) is 10.8. The highest BCUT2D eigenvalue weighted by Crippen LogP contribution is 2.37. The summed E-state index contributed by atoms with van der Waals surface area (Å²) in [7, 11) is -2.05. The summed E-state index contributed by atoms with van der Waals surface area (Å²) in [6, 6.07) is 13.3. The number of aryl methyl sites for hydroxylation is 1. The summed E-state index contributed by atoms with van der Waals surface area (Å²) in [6.45, 7) is 5.70. The van der Waals surface area contributed by atoms with Crippen LogP contribution in [0.1, 0.15) is 30.5 Å². The number of hydrogen-bond donors (Lipinski definition) is 0. The Hall–Kier alpha value is -2.91. The van der Waals surface area contributed by atoms with Crippen molar-refractivity contribution in [1.29, 1.82) is 0 Å². The monoisotopic (exact) mass is 527 g/mol. The third-order valence-corrected chi connectivity index (χ3v) is 9.24. The first-order chi connectivity index (χ1) is 17.8. The molecule has 2 saturated heterocycles. The molecule has 2 aromatic carbocycles. The molecule has 0 unspecified atom stereocenters. The number of hydrogen-bond acceptors (Lipinski definition) is 6. The summed E-state index contributed by atoms with van der Waals surface area (Å²) in [5, 5.41) is 1.03. The molecule has 2 aliphatic rings. The van der Waals surface area contributed by atoms with Gasteiger partial charge in [0.15, 0.2) is 11.6 Å². The predicted octanol–water partition coefficient (Wildman–Crippen LogP) is 4.56. The van der Waals surface area contributed by atoms with Crippen LogP contribution in [0.15, 0.2) is 42.5 Å². The van der Waals surface area contributed by atoms with Crippen molar-refractivity contribution in [3.05, 3.63) is 59.5 Å². The number of anilines is 1. The number of likely N-dealkylation sites (tertiary alicyclic amines) is 1. The molecule has 0 radical (unpaired) electrons. The summed E-state index contributed by atoms with van der Waals surface area (Å²) in [6.07, 6.45) is 3.26. The zero-order valence-corrected chi connectivity index (χ0v) is 22.3. The molecule has 1 aromatic heterocycles. The standard InChI is InChI=1S/C28H34FN3O4S/c1-20-7-8-23-25(30-20)5-3-6-27(23)36-15-14-31-12-9-21(10-13-31)17-22-18-24(29)28(35-2)26(19-22)32-11-4-16-37(32,33)34/h3,5-8,18-19,21H,4,9-17H2,1-2H3. The van der Waals surface area contributed by atoms with Gasteiger partial charge in [0.05, 0.1) is 24.1 Å². The smallest absolute Gasteiger partial charge is 0.235 e. The Bertz CT molecular complexity index is 1370. The molecule has 0 amide bonds. The Morgan fingerprint density at radius 3 is 2.65 bits per heavy atom. The zero-order chi connectivity index (χ0) is 26.0. The van der Waals surface area contributed by atoms with Crippen molar-refractivity contribution in [2.75, 3.05) is 50.0 Å². The quantitative estimate of drug-likeness (QED) is 0.428. The minimum atomic E-state index is -3.43. The third kappa shape index (κ3) is 5.67. The van der Waals surface area contributed by atoms with Crippen LogP contribution in [0.25, 0.3) is 10.9 Å². The third-order valence-electron chi connectivity index (χ3n) is 7.38. The number of fused-ring (bicyclic) bond motifs is 1. The van der Waals surface area contributed by atoms with Crippen LogP contribution in [0.3, 0.4) is 0 Å².